The number of carbonyl (C=O) groups is 1. The Morgan fingerprint density at radius 3 is 2.64 bits per heavy atom. The molecular weight excluding hydrogens is 226 g/mol. The predicted octanol–water partition coefficient (Wildman–Crippen LogP) is 2.34. The zero-order valence-corrected chi connectivity index (χ0v) is 8.75. The van der Waals surface area contributed by atoms with Gasteiger partial charge in [0.25, 0.3) is 0 Å². The quantitative estimate of drug-likeness (QED) is 0.580. The minimum atomic E-state index is 0.0619. The molecule has 0 aliphatic rings. The van der Waals surface area contributed by atoms with Crippen LogP contribution in [0.15, 0.2) is 0 Å². The van der Waals surface area contributed by atoms with Crippen LogP contribution >= 0.6 is 27.3 Å². The molecule has 0 aliphatic heterocycles. The van der Waals surface area contributed by atoms with E-state index in [0.717, 1.165) is 9.88 Å². The van der Waals surface area contributed by atoms with Crippen LogP contribution in [0.5, 0.6) is 0 Å². The monoisotopic (exact) mass is 233 g/mol. The normalized spacial score (nSPS) is 10.1. The fourth-order valence-corrected chi connectivity index (χ4v) is 1.95. The number of ketones is 1. The molecule has 0 atom stereocenters. The van der Waals surface area contributed by atoms with E-state index in [9.17, 15) is 4.79 Å². The molecule has 1 aromatic heterocycles. The molecule has 4 heteroatoms. The van der Waals surface area contributed by atoms with E-state index in [1.54, 1.807) is 11.3 Å². The molecule has 0 amide bonds. The molecular formula is C7H8BrNOS. The number of carbonyl (C=O) groups excluding carboxylic acids is 1. The first-order chi connectivity index (χ1) is 5.15. The Hall–Kier alpha value is -0.220. The van der Waals surface area contributed by atoms with Crippen molar-refractivity contribution in [2.24, 2.45) is 0 Å². The minimum Gasteiger partial charge on any atom is -0.291 e. The highest BCUT2D eigenvalue weighted by Crippen LogP contribution is 2.17. The van der Waals surface area contributed by atoms with Gasteiger partial charge in [-0.1, -0.05) is 15.9 Å². The van der Waals surface area contributed by atoms with Crippen molar-refractivity contribution in [1.29, 1.82) is 0 Å². The van der Waals surface area contributed by atoms with Crippen LogP contribution in [0.3, 0.4) is 0 Å². The number of thiazole rings is 1. The summed E-state index contributed by atoms with van der Waals surface area (Å²) >= 11 is 4.67. The van der Waals surface area contributed by atoms with Crippen LogP contribution in [0.25, 0.3) is 0 Å². The second-order valence-corrected chi connectivity index (χ2v) is 4.16. The molecule has 1 aromatic rings. The lowest BCUT2D eigenvalue weighted by Gasteiger charge is -1.89. The highest BCUT2D eigenvalue weighted by atomic mass is 79.9. The molecule has 0 fully saturated rings. The van der Waals surface area contributed by atoms with Crippen molar-refractivity contribution >= 4 is 33.0 Å². The summed E-state index contributed by atoms with van der Waals surface area (Å²) < 4.78 is 0. The first-order valence-electron chi connectivity index (χ1n) is 3.18. The Balaban J connectivity index is 3.03. The lowest BCUT2D eigenvalue weighted by atomic mass is 10.3. The largest absolute Gasteiger partial charge is 0.291 e. The van der Waals surface area contributed by atoms with Gasteiger partial charge >= 0.3 is 0 Å². The first-order valence-corrected chi connectivity index (χ1v) is 5.12. The van der Waals surface area contributed by atoms with Gasteiger partial charge in [-0.25, -0.2) is 4.98 Å². The van der Waals surface area contributed by atoms with Crippen molar-refractivity contribution in [1.82, 2.24) is 4.98 Å². The molecule has 0 aromatic carbocycles. The van der Waals surface area contributed by atoms with Gasteiger partial charge in [-0.05, 0) is 13.8 Å². The van der Waals surface area contributed by atoms with Crippen molar-refractivity contribution in [2.45, 2.75) is 13.8 Å². The van der Waals surface area contributed by atoms with Crippen LogP contribution in [0.2, 0.25) is 0 Å². The van der Waals surface area contributed by atoms with E-state index < -0.39 is 0 Å². The lowest BCUT2D eigenvalue weighted by Crippen LogP contribution is -2.01. The molecule has 1 rings (SSSR count). The van der Waals surface area contributed by atoms with Crippen molar-refractivity contribution in [3.05, 3.63) is 15.6 Å². The van der Waals surface area contributed by atoms with Gasteiger partial charge in [0, 0.05) is 4.88 Å². The first kappa shape index (κ1) is 8.87. The standard InChI is InChI=1S/C7H8BrNOS/c1-4-7(6(10)3-8)9-5(2)11-4/h3H2,1-2H3. The highest BCUT2D eigenvalue weighted by Gasteiger charge is 2.11. The summed E-state index contributed by atoms with van der Waals surface area (Å²) in [4.78, 5) is 16.3. The van der Waals surface area contributed by atoms with Crippen molar-refractivity contribution in [3.8, 4) is 0 Å². The summed E-state index contributed by atoms with van der Waals surface area (Å²) in [5.74, 6) is 0.0619. The van der Waals surface area contributed by atoms with Crippen molar-refractivity contribution in [2.75, 3.05) is 5.33 Å². The Morgan fingerprint density at radius 1 is 1.64 bits per heavy atom. The van der Waals surface area contributed by atoms with E-state index in [0.29, 0.717) is 11.0 Å². The maximum absolute atomic E-state index is 11.1. The number of aryl methyl sites for hydroxylation is 2. The summed E-state index contributed by atoms with van der Waals surface area (Å²) in [6.45, 7) is 3.82. The number of rotatable bonds is 2. The highest BCUT2D eigenvalue weighted by molar-refractivity contribution is 9.09. The van der Waals surface area contributed by atoms with Crippen molar-refractivity contribution < 1.29 is 4.79 Å². The third-order valence-electron chi connectivity index (χ3n) is 1.29. The fraction of sp³-hybridized carbons (Fsp3) is 0.429. The van der Waals surface area contributed by atoms with Crippen LogP contribution in [-0.4, -0.2) is 16.1 Å². The van der Waals surface area contributed by atoms with Gasteiger partial charge in [-0.3, -0.25) is 4.79 Å². The topological polar surface area (TPSA) is 30.0 Å². The summed E-state index contributed by atoms with van der Waals surface area (Å²) in [5.41, 5.74) is 0.615. The molecule has 0 saturated heterocycles. The maximum Gasteiger partial charge on any atom is 0.192 e. The second-order valence-electron chi connectivity index (χ2n) is 2.19. The number of alkyl halides is 1. The molecule has 0 spiro atoms. The molecule has 60 valence electrons. The summed E-state index contributed by atoms with van der Waals surface area (Å²) in [5, 5.41) is 1.31. The van der Waals surface area contributed by atoms with E-state index in [1.165, 1.54) is 0 Å². The van der Waals surface area contributed by atoms with Crippen LogP contribution in [-0.2, 0) is 0 Å². The number of Topliss-reactive ketones (excluding diaryl/α,β-unsaturated/α-hetero) is 1. The molecule has 2 nitrogen and oxygen atoms in total. The number of halogens is 1. The third kappa shape index (κ3) is 1.87. The van der Waals surface area contributed by atoms with Gasteiger partial charge in [0.05, 0.1) is 10.3 Å². The molecule has 0 bridgehead atoms. The molecule has 0 radical (unpaired) electrons. The minimum absolute atomic E-state index is 0.0619. The number of hydrogen-bond acceptors (Lipinski definition) is 3. The smallest absolute Gasteiger partial charge is 0.192 e. The Labute approximate surface area is 77.8 Å². The maximum atomic E-state index is 11.1. The van der Waals surface area contributed by atoms with Gasteiger partial charge in [0.15, 0.2) is 5.78 Å². The zero-order valence-electron chi connectivity index (χ0n) is 6.35. The van der Waals surface area contributed by atoms with E-state index in [2.05, 4.69) is 20.9 Å². The number of hydrogen-bond donors (Lipinski definition) is 0. The second kappa shape index (κ2) is 3.45. The summed E-state index contributed by atoms with van der Waals surface area (Å²) in [7, 11) is 0. The number of aromatic nitrogens is 1. The molecule has 11 heavy (non-hydrogen) atoms. The van der Waals surface area contributed by atoms with E-state index in [1.807, 2.05) is 13.8 Å². The van der Waals surface area contributed by atoms with Gasteiger partial charge < -0.3 is 0 Å². The lowest BCUT2D eigenvalue weighted by molar-refractivity contribution is 0.101. The fourth-order valence-electron chi connectivity index (χ4n) is 0.851. The van der Waals surface area contributed by atoms with Gasteiger partial charge in [-0.2, -0.15) is 0 Å². The van der Waals surface area contributed by atoms with Gasteiger partial charge in [0.1, 0.15) is 5.69 Å². The van der Waals surface area contributed by atoms with Crippen molar-refractivity contribution in [3.63, 3.8) is 0 Å². The van der Waals surface area contributed by atoms with Crippen LogP contribution in [0, 0.1) is 13.8 Å². The SMILES string of the molecule is Cc1nc(C(=O)CBr)c(C)s1. The average molecular weight is 234 g/mol. The average Bonchev–Trinajstić information content (AvgIpc) is 2.28. The number of nitrogens with zero attached hydrogens (tertiary/aromatic N) is 1. The van der Waals surface area contributed by atoms with E-state index in [4.69, 9.17) is 0 Å². The van der Waals surface area contributed by atoms with Crippen LogP contribution in [0.1, 0.15) is 20.4 Å². The van der Waals surface area contributed by atoms with Gasteiger partial charge in [0.2, 0.25) is 0 Å². The van der Waals surface area contributed by atoms with Crippen LogP contribution < -0.4 is 0 Å². The summed E-state index contributed by atoms with van der Waals surface area (Å²) in [6.07, 6.45) is 0. The Bertz CT molecular complexity index is 282. The molecule has 0 unspecified atom stereocenters. The van der Waals surface area contributed by atoms with E-state index >= 15 is 0 Å². The molecule has 1 heterocycles. The van der Waals surface area contributed by atoms with E-state index in [-0.39, 0.29) is 5.78 Å². The zero-order chi connectivity index (χ0) is 8.43. The molecule has 0 saturated carbocycles. The predicted molar refractivity (Wildman–Crippen MR) is 49.7 cm³/mol. The van der Waals surface area contributed by atoms with Crippen LogP contribution in [0.4, 0.5) is 0 Å². The summed E-state index contributed by atoms with van der Waals surface area (Å²) in [6, 6.07) is 0. The third-order valence-corrected chi connectivity index (χ3v) is 2.68. The molecule has 0 N–H and O–H groups in total. The van der Waals surface area contributed by atoms with Gasteiger partial charge in [-0.15, -0.1) is 11.3 Å². The Morgan fingerprint density at radius 2 is 2.27 bits per heavy atom. The molecule has 0 aliphatic carbocycles. The Kier molecular flexibility index (Phi) is 2.78.